The second-order valence-electron chi connectivity index (χ2n) is 5.18. The number of anilines is 1. The molecule has 0 heterocycles. The Morgan fingerprint density at radius 1 is 1.38 bits per heavy atom. The maximum absolute atomic E-state index is 11.8. The number of aromatic carboxylic acids is 1. The third-order valence-corrected chi connectivity index (χ3v) is 3.48. The second-order valence-corrected chi connectivity index (χ2v) is 5.18. The van der Waals surface area contributed by atoms with Crippen molar-refractivity contribution in [1.82, 2.24) is 5.32 Å². The van der Waals surface area contributed by atoms with E-state index in [-0.39, 0.29) is 11.3 Å². The summed E-state index contributed by atoms with van der Waals surface area (Å²) in [6.45, 7) is 0.592. The minimum Gasteiger partial charge on any atom is -0.497 e. The average molecular weight is 292 g/mol. The van der Waals surface area contributed by atoms with Gasteiger partial charge in [-0.1, -0.05) is 12.8 Å². The molecule has 1 fully saturated rings. The van der Waals surface area contributed by atoms with Crippen molar-refractivity contribution in [2.75, 3.05) is 19.0 Å². The maximum atomic E-state index is 11.8. The summed E-state index contributed by atoms with van der Waals surface area (Å²) in [6.07, 6.45) is 4.69. The molecule has 0 spiro atoms. The van der Waals surface area contributed by atoms with Gasteiger partial charge in [-0.2, -0.15) is 0 Å². The van der Waals surface area contributed by atoms with Crippen molar-refractivity contribution in [3.05, 3.63) is 23.8 Å². The van der Waals surface area contributed by atoms with Crippen molar-refractivity contribution in [1.29, 1.82) is 0 Å². The van der Waals surface area contributed by atoms with Crippen LogP contribution in [0.1, 0.15) is 36.0 Å². The molecule has 1 aromatic carbocycles. The molecule has 3 N–H and O–H groups in total. The smallest absolute Gasteiger partial charge is 0.337 e. The van der Waals surface area contributed by atoms with E-state index >= 15 is 0 Å². The third kappa shape index (κ3) is 4.66. The zero-order valence-electron chi connectivity index (χ0n) is 12.0. The predicted octanol–water partition coefficient (Wildman–Crippen LogP) is 2.71. The van der Waals surface area contributed by atoms with Gasteiger partial charge in [-0.3, -0.25) is 0 Å². The molecule has 1 aliphatic carbocycles. The fourth-order valence-electron chi connectivity index (χ4n) is 2.11. The molecule has 0 atom stereocenters. The van der Waals surface area contributed by atoms with Crippen LogP contribution in [0.2, 0.25) is 0 Å². The van der Waals surface area contributed by atoms with Gasteiger partial charge < -0.3 is 20.5 Å². The molecular weight excluding hydrogens is 272 g/mol. The molecular formula is C15H20N2O4. The molecule has 0 saturated heterocycles. The van der Waals surface area contributed by atoms with Gasteiger partial charge in [-0.05, 0) is 30.9 Å². The lowest BCUT2D eigenvalue weighted by atomic mass is 10.1. The third-order valence-electron chi connectivity index (χ3n) is 3.48. The highest BCUT2D eigenvalue weighted by molar-refractivity contribution is 6.00. The first-order valence-corrected chi connectivity index (χ1v) is 7.06. The lowest BCUT2D eigenvalue weighted by molar-refractivity contribution is 0.0698. The number of benzene rings is 1. The Morgan fingerprint density at radius 3 is 2.76 bits per heavy atom. The number of nitrogens with one attached hydrogen (secondary N) is 2. The van der Waals surface area contributed by atoms with Gasteiger partial charge in [0.15, 0.2) is 0 Å². The van der Waals surface area contributed by atoms with Crippen molar-refractivity contribution < 1.29 is 19.4 Å². The molecule has 114 valence electrons. The molecule has 0 aliphatic heterocycles. The zero-order chi connectivity index (χ0) is 15.2. The van der Waals surface area contributed by atoms with Crippen LogP contribution in [0.25, 0.3) is 0 Å². The van der Waals surface area contributed by atoms with E-state index in [9.17, 15) is 9.59 Å². The molecule has 0 unspecified atom stereocenters. The predicted molar refractivity (Wildman–Crippen MR) is 78.9 cm³/mol. The van der Waals surface area contributed by atoms with Crippen LogP contribution in [0.4, 0.5) is 10.5 Å². The number of urea groups is 1. The van der Waals surface area contributed by atoms with Gasteiger partial charge >= 0.3 is 12.0 Å². The number of carboxylic acid groups (broad SMARTS) is 1. The lowest BCUT2D eigenvalue weighted by Crippen LogP contribution is -2.30. The largest absolute Gasteiger partial charge is 0.497 e. The van der Waals surface area contributed by atoms with E-state index in [1.165, 1.54) is 32.1 Å². The van der Waals surface area contributed by atoms with Crippen LogP contribution >= 0.6 is 0 Å². The Labute approximate surface area is 123 Å². The zero-order valence-corrected chi connectivity index (χ0v) is 12.0. The lowest BCUT2D eigenvalue weighted by Gasteiger charge is -2.11. The first kappa shape index (κ1) is 15.2. The van der Waals surface area contributed by atoms with Gasteiger partial charge in [0.1, 0.15) is 5.75 Å². The number of hydrogen-bond donors (Lipinski definition) is 3. The summed E-state index contributed by atoms with van der Waals surface area (Å²) in [6, 6.07) is 4.04. The summed E-state index contributed by atoms with van der Waals surface area (Å²) in [5.74, 6) is 0.234. The van der Waals surface area contributed by atoms with Crippen molar-refractivity contribution in [3.63, 3.8) is 0 Å². The average Bonchev–Trinajstić information content (AvgIpc) is 3.27. The number of amides is 2. The van der Waals surface area contributed by atoms with Crippen molar-refractivity contribution in [2.24, 2.45) is 5.92 Å². The molecule has 6 heteroatoms. The maximum Gasteiger partial charge on any atom is 0.337 e. The van der Waals surface area contributed by atoms with Crippen LogP contribution in [0.5, 0.6) is 5.75 Å². The summed E-state index contributed by atoms with van der Waals surface area (Å²) in [5.41, 5.74) is 0.255. The van der Waals surface area contributed by atoms with Gasteiger partial charge in [0.05, 0.1) is 18.4 Å². The van der Waals surface area contributed by atoms with Gasteiger partial charge in [0, 0.05) is 12.6 Å². The van der Waals surface area contributed by atoms with Gasteiger partial charge in [0.25, 0.3) is 0 Å². The SMILES string of the molecule is COc1ccc(C(=O)O)c(NC(=O)NCCCC2CC2)c1. The number of carbonyl (C=O) groups is 2. The Balaban J connectivity index is 1.89. The summed E-state index contributed by atoms with van der Waals surface area (Å²) < 4.78 is 5.04. The van der Waals surface area contributed by atoms with Gasteiger partial charge in [-0.25, -0.2) is 9.59 Å². The van der Waals surface area contributed by atoms with Crippen molar-refractivity contribution >= 4 is 17.7 Å². The van der Waals surface area contributed by atoms with Crippen LogP contribution in [-0.4, -0.2) is 30.8 Å². The number of ether oxygens (including phenoxy) is 1. The monoisotopic (exact) mass is 292 g/mol. The van der Waals surface area contributed by atoms with Crippen LogP contribution in [0.3, 0.4) is 0 Å². The van der Waals surface area contributed by atoms with E-state index in [4.69, 9.17) is 9.84 Å². The second kappa shape index (κ2) is 6.97. The van der Waals surface area contributed by atoms with E-state index < -0.39 is 12.0 Å². The number of carbonyl (C=O) groups excluding carboxylic acids is 1. The van der Waals surface area contributed by atoms with E-state index in [1.807, 2.05) is 0 Å². The Hall–Kier alpha value is -2.24. The summed E-state index contributed by atoms with van der Waals surface area (Å²) >= 11 is 0. The standard InChI is InChI=1S/C15H20N2O4/c1-21-11-6-7-12(14(18)19)13(9-11)17-15(20)16-8-2-3-10-4-5-10/h6-7,9-10H,2-5,8H2,1H3,(H,18,19)(H2,16,17,20). The molecule has 1 aliphatic rings. The van der Waals surface area contributed by atoms with E-state index in [2.05, 4.69) is 10.6 Å². The van der Waals surface area contributed by atoms with Crippen LogP contribution in [0, 0.1) is 5.92 Å². The highest BCUT2D eigenvalue weighted by Crippen LogP contribution is 2.33. The highest BCUT2D eigenvalue weighted by Gasteiger charge is 2.20. The molecule has 21 heavy (non-hydrogen) atoms. The normalized spacial score (nSPS) is 13.6. The fourth-order valence-corrected chi connectivity index (χ4v) is 2.11. The quantitative estimate of drug-likeness (QED) is 0.674. The minimum atomic E-state index is -1.10. The highest BCUT2D eigenvalue weighted by atomic mass is 16.5. The minimum absolute atomic E-state index is 0.0314. The van der Waals surface area contributed by atoms with Crippen LogP contribution in [-0.2, 0) is 0 Å². The van der Waals surface area contributed by atoms with Gasteiger partial charge in [0.2, 0.25) is 0 Å². The van der Waals surface area contributed by atoms with Crippen molar-refractivity contribution in [2.45, 2.75) is 25.7 Å². The van der Waals surface area contributed by atoms with E-state index in [0.29, 0.717) is 12.3 Å². The Bertz CT molecular complexity index is 526. The molecule has 6 nitrogen and oxygen atoms in total. The Kier molecular flexibility index (Phi) is 5.03. The number of hydrogen-bond acceptors (Lipinski definition) is 3. The van der Waals surface area contributed by atoms with Crippen molar-refractivity contribution in [3.8, 4) is 5.75 Å². The number of carboxylic acids is 1. The molecule has 1 saturated carbocycles. The molecule has 0 radical (unpaired) electrons. The summed E-state index contributed by atoms with van der Waals surface area (Å²) in [7, 11) is 1.48. The molecule has 0 bridgehead atoms. The van der Waals surface area contributed by atoms with E-state index in [1.54, 1.807) is 6.07 Å². The first-order valence-electron chi connectivity index (χ1n) is 7.06. The van der Waals surface area contributed by atoms with Crippen LogP contribution < -0.4 is 15.4 Å². The molecule has 1 aromatic rings. The topological polar surface area (TPSA) is 87.7 Å². The van der Waals surface area contributed by atoms with E-state index in [0.717, 1.165) is 18.8 Å². The molecule has 2 rings (SSSR count). The number of rotatable bonds is 7. The fraction of sp³-hybridized carbons (Fsp3) is 0.467. The first-order chi connectivity index (χ1) is 10.1. The summed E-state index contributed by atoms with van der Waals surface area (Å²) in [5, 5.41) is 14.4. The number of methoxy groups -OCH3 is 1. The summed E-state index contributed by atoms with van der Waals surface area (Å²) in [4.78, 5) is 22.9. The Morgan fingerprint density at radius 2 is 2.14 bits per heavy atom. The molecule has 0 aromatic heterocycles. The van der Waals surface area contributed by atoms with Gasteiger partial charge in [-0.15, -0.1) is 0 Å². The molecule has 2 amide bonds. The van der Waals surface area contributed by atoms with Crippen LogP contribution in [0.15, 0.2) is 18.2 Å².